The third-order valence-corrected chi connectivity index (χ3v) is 2.76. The van der Waals surface area contributed by atoms with Gasteiger partial charge in [0, 0.05) is 6.04 Å². The summed E-state index contributed by atoms with van der Waals surface area (Å²) in [6.45, 7) is 3.02. The number of hydrogen-bond acceptors (Lipinski definition) is 4. The molecule has 0 radical (unpaired) electrons. The van der Waals surface area contributed by atoms with Gasteiger partial charge in [0.2, 0.25) is 0 Å². The van der Waals surface area contributed by atoms with Crippen LogP contribution in [0.1, 0.15) is 23.7 Å². The molecule has 1 atom stereocenters. The summed E-state index contributed by atoms with van der Waals surface area (Å²) in [6.07, 6.45) is 0.958. The lowest BCUT2D eigenvalue weighted by Gasteiger charge is -2.20. The summed E-state index contributed by atoms with van der Waals surface area (Å²) in [5, 5.41) is 3.26. The number of para-hydroxylation sites is 1. The number of carbonyl (C=O) groups is 1. The standard InChI is InChI=1S/C13H22N4O/c1-9(7-8-17(2)3)16-12-10(13(15)18)5-4-6-11(12)14/h4-6,9,16H,7-8,14H2,1-3H3,(H2,15,18). The number of nitrogens with zero attached hydrogens (tertiary/aromatic N) is 1. The summed E-state index contributed by atoms with van der Waals surface area (Å²) in [5.74, 6) is -0.468. The lowest BCUT2D eigenvalue weighted by molar-refractivity contribution is 0.100. The Morgan fingerprint density at radius 3 is 2.67 bits per heavy atom. The van der Waals surface area contributed by atoms with Gasteiger partial charge in [0.15, 0.2) is 0 Å². The third-order valence-electron chi connectivity index (χ3n) is 2.76. The van der Waals surface area contributed by atoms with Gasteiger partial charge in [-0.1, -0.05) is 6.07 Å². The number of nitrogen functional groups attached to an aromatic ring is 1. The second-order valence-electron chi connectivity index (χ2n) is 4.77. The molecule has 1 aromatic carbocycles. The van der Waals surface area contributed by atoms with E-state index >= 15 is 0 Å². The van der Waals surface area contributed by atoms with E-state index in [2.05, 4.69) is 17.1 Å². The highest BCUT2D eigenvalue weighted by Crippen LogP contribution is 2.24. The van der Waals surface area contributed by atoms with Crippen LogP contribution >= 0.6 is 0 Å². The molecule has 5 heteroatoms. The van der Waals surface area contributed by atoms with Crippen molar-refractivity contribution in [3.63, 3.8) is 0 Å². The Morgan fingerprint density at radius 1 is 1.44 bits per heavy atom. The number of anilines is 2. The molecule has 0 aliphatic carbocycles. The van der Waals surface area contributed by atoms with Gasteiger partial charge >= 0.3 is 0 Å². The minimum Gasteiger partial charge on any atom is -0.397 e. The summed E-state index contributed by atoms with van der Waals surface area (Å²) in [4.78, 5) is 13.5. The molecule has 1 unspecified atom stereocenters. The number of nitrogens with one attached hydrogen (secondary N) is 1. The van der Waals surface area contributed by atoms with Crippen LogP contribution < -0.4 is 16.8 Å². The molecule has 0 saturated carbocycles. The molecule has 0 fully saturated rings. The molecule has 18 heavy (non-hydrogen) atoms. The van der Waals surface area contributed by atoms with Crippen molar-refractivity contribution in [1.82, 2.24) is 4.90 Å². The highest BCUT2D eigenvalue weighted by atomic mass is 16.1. The highest BCUT2D eigenvalue weighted by Gasteiger charge is 2.13. The number of hydrogen-bond donors (Lipinski definition) is 3. The molecule has 1 amide bonds. The number of benzene rings is 1. The van der Waals surface area contributed by atoms with Crippen molar-refractivity contribution >= 4 is 17.3 Å². The zero-order chi connectivity index (χ0) is 13.7. The summed E-state index contributed by atoms with van der Waals surface area (Å²) < 4.78 is 0. The van der Waals surface area contributed by atoms with Gasteiger partial charge in [0.1, 0.15) is 0 Å². The monoisotopic (exact) mass is 250 g/mol. The van der Waals surface area contributed by atoms with Crippen molar-refractivity contribution < 1.29 is 4.79 Å². The number of nitrogens with two attached hydrogens (primary N) is 2. The molecule has 0 aliphatic rings. The molecule has 0 heterocycles. The maximum absolute atomic E-state index is 11.3. The topological polar surface area (TPSA) is 84.4 Å². The predicted molar refractivity (Wildman–Crippen MR) is 75.6 cm³/mol. The number of primary amides is 1. The molecular formula is C13H22N4O. The first-order valence-corrected chi connectivity index (χ1v) is 6.01. The predicted octanol–water partition coefficient (Wildman–Crippen LogP) is 1.12. The Bertz CT molecular complexity index is 417. The molecule has 100 valence electrons. The first-order chi connectivity index (χ1) is 8.41. The largest absolute Gasteiger partial charge is 0.397 e. The first-order valence-electron chi connectivity index (χ1n) is 6.01. The second-order valence-corrected chi connectivity index (χ2v) is 4.77. The van der Waals surface area contributed by atoms with Crippen molar-refractivity contribution in [2.24, 2.45) is 5.73 Å². The Hall–Kier alpha value is -1.75. The van der Waals surface area contributed by atoms with Crippen LogP contribution in [0.5, 0.6) is 0 Å². The maximum Gasteiger partial charge on any atom is 0.250 e. The third kappa shape index (κ3) is 3.92. The van der Waals surface area contributed by atoms with Gasteiger partial charge in [0.05, 0.1) is 16.9 Å². The Labute approximate surface area is 108 Å². The van der Waals surface area contributed by atoms with E-state index in [-0.39, 0.29) is 6.04 Å². The number of rotatable bonds is 6. The fourth-order valence-corrected chi connectivity index (χ4v) is 1.71. The summed E-state index contributed by atoms with van der Waals surface area (Å²) in [5.41, 5.74) is 12.8. The number of amides is 1. The van der Waals surface area contributed by atoms with E-state index in [1.54, 1.807) is 18.2 Å². The zero-order valence-electron chi connectivity index (χ0n) is 11.2. The molecule has 1 rings (SSSR count). The average Bonchev–Trinajstić information content (AvgIpc) is 2.28. The molecule has 0 spiro atoms. The Morgan fingerprint density at radius 2 is 2.11 bits per heavy atom. The van der Waals surface area contributed by atoms with Crippen molar-refractivity contribution in [2.75, 3.05) is 31.7 Å². The summed E-state index contributed by atoms with van der Waals surface area (Å²) >= 11 is 0. The lowest BCUT2D eigenvalue weighted by Crippen LogP contribution is -2.25. The fraction of sp³-hybridized carbons (Fsp3) is 0.462. The van der Waals surface area contributed by atoms with Crippen molar-refractivity contribution in [1.29, 1.82) is 0 Å². The van der Waals surface area contributed by atoms with E-state index in [4.69, 9.17) is 11.5 Å². The molecule has 5 N–H and O–H groups in total. The van der Waals surface area contributed by atoms with Crippen LogP contribution in [-0.4, -0.2) is 37.5 Å². The van der Waals surface area contributed by atoms with Crippen LogP contribution in [-0.2, 0) is 0 Å². The van der Waals surface area contributed by atoms with Gasteiger partial charge in [-0.05, 0) is 46.1 Å². The minimum atomic E-state index is -0.468. The molecule has 0 saturated heterocycles. The minimum absolute atomic E-state index is 0.218. The van der Waals surface area contributed by atoms with Gasteiger partial charge in [-0.3, -0.25) is 4.79 Å². The normalized spacial score (nSPS) is 12.4. The van der Waals surface area contributed by atoms with Crippen molar-refractivity contribution in [3.8, 4) is 0 Å². The second kappa shape index (κ2) is 6.26. The summed E-state index contributed by atoms with van der Waals surface area (Å²) in [7, 11) is 4.05. The van der Waals surface area contributed by atoms with Crippen LogP contribution in [0.3, 0.4) is 0 Å². The molecule has 1 aromatic rings. The van der Waals surface area contributed by atoms with Crippen LogP contribution in [0.4, 0.5) is 11.4 Å². The van der Waals surface area contributed by atoms with Gasteiger partial charge < -0.3 is 21.7 Å². The van der Waals surface area contributed by atoms with Crippen LogP contribution in [0.25, 0.3) is 0 Å². The van der Waals surface area contributed by atoms with Crippen LogP contribution in [0.15, 0.2) is 18.2 Å². The molecule has 0 aromatic heterocycles. The van der Waals surface area contributed by atoms with E-state index in [9.17, 15) is 4.79 Å². The van der Waals surface area contributed by atoms with E-state index in [1.165, 1.54) is 0 Å². The number of carbonyl (C=O) groups excluding carboxylic acids is 1. The molecule has 5 nitrogen and oxygen atoms in total. The van der Waals surface area contributed by atoms with E-state index in [0.29, 0.717) is 16.9 Å². The van der Waals surface area contributed by atoms with Crippen LogP contribution in [0.2, 0.25) is 0 Å². The van der Waals surface area contributed by atoms with E-state index < -0.39 is 5.91 Å². The van der Waals surface area contributed by atoms with Gasteiger partial charge in [-0.25, -0.2) is 0 Å². The van der Waals surface area contributed by atoms with Crippen LogP contribution in [0, 0.1) is 0 Å². The van der Waals surface area contributed by atoms with Gasteiger partial charge in [0.25, 0.3) is 5.91 Å². The fourth-order valence-electron chi connectivity index (χ4n) is 1.71. The summed E-state index contributed by atoms with van der Waals surface area (Å²) in [6, 6.07) is 5.38. The molecule has 0 bridgehead atoms. The van der Waals surface area contributed by atoms with Crippen molar-refractivity contribution in [3.05, 3.63) is 23.8 Å². The maximum atomic E-state index is 11.3. The Kier molecular flexibility index (Phi) is 4.97. The van der Waals surface area contributed by atoms with Crippen molar-refractivity contribution in [2.45, 2.75) is 19.4 Å². The molecular weight excluding hydrogens is 228 g/mol. The van der Waals surface area contributed by atoms with E-state index in [0.717, 1.165) is 13.0 Å². The molecule has 0 aliphatic heterocycles. The zero-order valence-corrected chi connectivity index (χ0v) is 11.2. The van der Waals surface area contributed by atoms with E-state index in [1.807, 2.05) is 14.1 Å². The lowest BCUT2D eigenvalue weighted by atomic mass is 10.1. The van der Waals surface area contributed by atoms with Gasteiger partial charge in [-0.15, -0.1) is 0 Å². The highest BCUT2D eigenvalue weighted by molar-refractivity contribution is 6.01. The Balaban J connectivity index is 2.80. The van der Waals surface area contributed by atoms with Gasteiger partial charge in [-0.2, -0.15) is 0 Å². The quantitative estimate of drug-likeness (QED) is 0.661. The SMILES string of the molecule is CC(CCN(C)C)Nc1c(N)cccc1C(N)=O. The first kappa shape index (κ1) is 14.3. The average molecular weight is 250 g/mol. The smallest absolute Gasteiger partial charge is 0.250 e.